The number of benzene rings is 1. The van der Waals surface area contributed by atoms with E-state index in [4.69, 9.17) is 0 Å². The standard InChI is InChI=1S/C24H26N6O/c1-24(2,3)17-8-6-16(7-9-17)21(31)13-18-14-23(30-22(27-18)10-11-26-30)29-12-4-5-19-20(29)15-25-28-19/h6-11,14-15H,4-5,12-13H2,1-3H3,(H,25,28). The van der Waals surface area contributed by atoms with E-state index in [-0.39, 0.29) is 17.6 Å². The molecule has 0 amide bonds. The minimum Gasteiger partial charge on any atom is -0.323 e. The molecule has 1 N–H and O–H groups in total. The van der Waals surface area contributed by atoms with Crippen LogP contribution in [-0.2, 0) is 18.3 Å². The Morgan fingerprint density at radius 3 is 2.74 bits per heavy atom. The van der Waals surface area contributed by atoms with E-state index >= 15 is 0 Å². The second kappa shape index (κ2) is 7.34. The number of nitrogens with one attached hydrogen (secondary N) is 1. The fraction of sp³-hybridized carbons (Fsp3) is 0.333. The lowest BCUT2D eigenvalue weighted by molar-refractivity contribution is 0.0992. The van der Waals surface area contributed by atoms with E-state index < -0.39 is 0 Å². The first-order chi connectivity index (χ1) is 14.9. The van der Waals surface area contributed by atoms with Crippen LogP contribution < -0.4 is 4.90 Å². The number of hydrogen-bond donors (Lipinski definition) is 1. The minimum absolute atomic E-state index is 0.0606. The topological polar surface area (TPSA) is 79.2 Å². The molecule has 0 saturated heterocycles. The predicted molar refractivity (Wildman–Crippen MR) is 120 cm³/mol. The molecule has 158 valence electrons. The molecular weight excluding hydrogens is 388 g/mol. The molecule has 0 radical (unpaired) electrons. The zero-order valence-electron chi connectivity index (χ0n) is 18.1. The predicted octanol–water partition coefficient (Wildman–Crippen LogP) is 4.26. The van der Waals surface area contributed by atoms with Gasteiger partial charge < -0.3 is 4.90 Å². The molecule has 3 aromatic heterocycles. The van der Waals surface area contributed by atoms with Gasteiger partial charge in [0.05, 0.1) is 35.9 Å². The number of anilines is 2. The molecule has 0 fully saturated rings. The molecule has 31 heavy (non-hydrogen) atoms. The molecule has 5 rings (SSSR count). The summed E-state index contributed by atoms with van der Waals surface area (Å²) in [5.74, 6) is 0.966. The van der Waals surface area contributed by atoms with Crippen molar-refractivity contribution in [3.05, 3.63) is 71.3 Å². The van der Waals surface area contributed by atoms with Gasteiger partial charge in [0, 0.05) is 24.2 Å². The SMILES string of the molecule is CC(C)(C)c1ccc(C(=O)Cc2cc(N3CCCc4[nH]ncc43)n3nccc3n2)cc1. The van der Waals surface area contributed by atoms with Crippen molar-refractivity contribution in [3.8, 4) is 0 Å². The number of carbonyl (C=O) groups is 1. The smallest absolute Gasteiger partial charge is 0.168 e. The molecule has 0 spiro atoms. The lowest BCUT2D eigenvalue weighted by Crippen LogP contribution is -2.26. The summed E-state index contributed by atoms with van der Waals surface area (Å²) in [6.45, 7) is 7.37. The van der Waals surface area contributed by atoms with Gasteiger partial charge in [0.25, 0.3) is 0 Å². The Kier molecular flexibility index (Phi) is 4.61. The minimum atomic E-state index is 0.0606. The lowest BCUT2D eigenvalue weighted by Gasteiger charge is -2.28. The highest BCUT2D eigenvalue weighted by Crippen LogP contribution is 2.32. The highest BCUT2D eigenvalue weighted by Gasteiger charge is 2.23. The fourth-order valence-electron chi connectivity index (χ4n) is 4.15. The van der Waals surface area contributed by atoms with Gasteiger partial charge in [0.2, 0.25) is 0 Å². The van der Waals surface area contributed by atoms with Gasteiger partial charge in [-0.15, -0.1) is 0 Å². The van der Waals surface area contributed by atoms with Gasteiger partial charge in [-0.25, -0.2) is 4.98 Å². The van der Waals surface area contributed by atoms with E-state index in [0.717, 1.165) is 47.9 Å². The quantitative estimate of drug-likeness (QED) is 0.505. The van der Waals surface area contributed by atoms with Gasteiger partial charge in [-0.05, 0) is 23.8 Å². The van der Waals surface area contributed by atoms with Gasteiger partial charge in [-0.3, -0.25) is 9.89 Å². The number of nitrogens with zero attached hydrogens (tertiary/aromatic N) is 5. The molecule has 0 atom stereocenters. The molecule has 0 bridgehead atoms. The Morgan fingerprint density at radius 1 is 1.16 bits per heavy atom. The van der Waals surface area contributed by atoms with Crippen LogP contribution in [0.1, 0.15) is 54.5 Å². The maximum absolute atomic E-state index is 13.0. The number of carbonyl (C=O) groups excluding carboxylic acids is 1. The Balaban J connectivity index is 1.47. The van der Waals surface area contributed by atoms with Gasteiger partial charge in [-0.1, -0.05) is 45.0 Å². The third-order valence-electron chi connectivity index (χ3n) is 5.88. The number of rotatable bonds is 4. The summed E-state index contributed by atoms with van der Waals surface area (Å²) in [4.78, 5) is 19.9. The van der Waals surface area contributed by atoms with Crippen LogP contribution in [0.4, 0.5) is 11.5 Å². The third-order valence-corrected chi connectivity index (χ3v) is 5.88. The van der Waals surface area contributed by atoms with Gasteiger partial charge in [0.15, 0.2) is 11.4 Å². The van der Waals surface area contributed by atoms with E-state index in [9.17, 15) is 4.79 Å². The molecule has 0 unspecified atom stereocenters. The second-order valence-electron chi connectivity index (χ2n) is 9.12. The summed E-state index contributed by atoms with van der Waals surface area (Å²) in [6, 6.07) is 11.8. The first-order valence-corrected chi connectivity index (χ1v) is 10.7. The number of ketones is 1. The average molecular weight is 415 g/mol. The molecule has 7 nitrogen and oxygen atoms in total. The van der Waals surface area contributed by atoms with Crippen LogP contribution in [0.2, 0.25) is 0 Å². The maximum Gasteiger partial charge on any atom is 0.168 e. The van der Waals surface area contributed by atoms with Crippen molar-refractivity contribution in [2.24, 2.45) is 0 Å². The molecule has 1 aliphatic rings. The summed E-state index contributed by atoms with van der Waals surface area (Å²) in [6.07, 6.45) is 5.84. The first-order valence-electron chi connectivity index (χ1n) is 10.7. The Bertz CT molecular complexity index is 1250. The molecule has 4 heterocycles. The van der Waals surface area contributed by atoms with Crippen molar-refractivity contribution in [1.29, 1.82) is 0 Å². The molecule has 0 saturated carbocycles. The van der Waals surface area contributed by atoms with Crippen molar-refractivity contribution < 1.29 is 4.79 Å². The van der Waals surface area contributed by atoms with Crippen molar-refractivity contribution >= 4 is 22.9 Å². The van der Waals surface area contributed by atoms with Gasteiger partial charge in [-0.2, -0.15) is 14.7 Å². The Hall–Kier alpha value is -3.48. The zero-order chi connectivity index (χ0) is 21.6. The van der Waals surface area contributed by atoms with Crippen LogP contribution in [0.25, 0.3) is 5.65 Å². The van der Waals surface area contributed by atoms with E-state index in [1.807, 2.05) is 47.1 Å². The lowest BCUT2D eigenvalue weighted by atomic mass is 9.86. The fourth-order valence-corrected chi connectivity index (χ4v) is 4.15. The monoisotopic (exact) mass is 414 g/mol. The van der Waals surface area contributed by atoms with Crippen LogP contribution in [0.5, 0.6) is 0 Å². The van der Waals surface area contributed by atoms with Crippen LogP contribution in [0.3, 0.4) is 0 Å². The summed E-state index contributed by atoms with van der Waals surface area (Å²) < 4.78 is 1.83. The Labute approximate surface area is 181 Å². The van der Waals surface area contributed by atoms with E-state index in [1.54, 1.807) is 6.20 Å². The van der Waals surface area contributed by atoms with Crippen LogP contribution >= 0.6 is 0 Å². The Morgan fingerprint density at radius 2 is 1.97 bits per heavy atom. The van der Waals surface area contributed by atoms with Crippen molar-refractivity contribution in [2.45, 2.75) is 45.4 Å². The number of aromatic nitrogens is 5. The van der Waals surface area contributed by atoms with E-state index in [1.165, 1.54) is 5.56 Å². The number of hydrogen-bond acceptors (Lipinski definition) is 5. The van der Waals surface area contributed by atoms with Crippen LogP contribution in [0, 0.1) is 0 Å². The number of fused-ring (bicyclic) bond motifs is 2. The van der Waals surface area contributed by atoms with E-state index in [0.29, 0.717) is 5.56 Å². The molecular formula is C24H26N6O. The van der Waals surface area contributed by atoms with E-state index in [2.05, 4.69) is 46.0 Å². The number of Topliss-reactive ketones (excluding diaryl/α,β-unsaturated/α-hetero) is 1. The highest BCUT2D eigenvalue weighted by atomic mass is 16.1. The summed E-state index contributed by atoms with van der Waals surface area (Å²) in [7, 11) is 0. The summed E-state index contributed by atoms with van der Waals surface area (Å²) in [5, 5.41) is 11.8. The summed E-state index contributed by atoms with van der Waals surface area (Å²) >= 11 is 0. The molecule has 1 aromatic carbocycles. The highest BCUT2D eigenvalue weighted by molar-refractivity contribution is 5.97. The normalized spacial score (nSPS) is 14.1. The average Bonchev–Trinajstić information content (AvgIpc) is 3.41. The van der Waals surface area contributed by atoms with Gasteiger partial charge >= 0.3 is 0 Å². The van der Waals surface area contributed by atoms with Gasteiger partial charge in [0.1, 0.15) is 5.82 Å². The van der Waals surface area contributed by atoms with Crippen molar-refractivity contribution in [1.82, 2.24) is 24.8 Å². The first kappa shape index (κ1) is 19.5. The van der Waals surface area contributed by atoms with Crippen molar-refractivity contribution in [2.75, 3.05) is 11.4 Å². The van der Waals surface area contributed by atoms with Crippen LogP contribution in [-0.4, -0.2) is 37.1 Å². The van der Waals surface area contributed by atoms with Crippen molar-refractivity contribution in [3.63, 3.8) is 0 Å². The molecule has 0 aliphatic carbocycles. The van der Waals surface area contributed by atoms with Crippen LogP contribution in [0.15, 0.2) is 48.8 Å². The summed E-state index contributed by atoms with van der Waals surface area (Å²) in [5.41, 5.74) is 5.64. The number of aromatic amines is 1. The zero-order valence-corrected chi connectivity index (χ0v) is 18.1. The molecule has 4 aromatic rings. The maximum atomic E-state index is 13.0. The largest absolute Gasteiger partial charge is 0.323 e. The number of aryl methyl sites for hydroxylation is 1. The molecule has 1 aliphatic heterocycles. The third kappa shape index (κ3) is 3.60. The molecule has 7 heteroatoms. The second-order valence-corrected chi connectivity index (χ2v) is 9.12. The number of H-pyrrole nitrogens is 1.